The van der Waals surface area contributed by atoms with Gasteiger partial charge in [-0.3, -0.25) is 0 Å². The van der Waals surface area contributed by atoms with Crippen molar-refractivity contribution in [2.45, 2.75) is 31.1 Å². The number of rotatable bonds is 3. The number of ether oxygens (including phenoxy) is 1. The van der Waals surface area contributed by atoms with Crippen LogP contribution < -0.4 is 5.32 Å². The predicted octanol–water partition coefficient (Wildman–Crippen LogP) is 3.17. The van der Waals surface area contributed by atoms with Crippen molar-refractivity contribution in [1.82, 2.24) is 0 Å². The molecule has 0 aliphatic carbocycles. The Balaban J connectivity index is 2.15. The van der Waals surface area contributed by atoms with Gasteiger partial charge in [-0.1, -0.05) is 19.1 Å². The Labute approximate surface area is 112 Å². The highest BCUT2D eigenvalue weighted by molar-refractivity contribution is 8.00. The van der Waals surface area contributed by atoms with Crippen LogP contribution in [0.5, 0.6) is 0 Å². The summed E-state index contributed by atoms with van der Waals surface area (Å²) in [7, 11) is 1.41. The number of methoxy groups -OCH3 is 1. The number of anilines is 1. The Kier molecular flexibility index (Phi) is 4.53. The minimum Gasteiger partial charge on any atom is -0.465 e. The van der Waals surface area contributed by atoms with Crippen LogP contribution in [0.25, 0.3) is 0 Å². The van der Waals surface area contributed by atoms with E-state index in [9.17, 15) is 4.79 Å². The zero-order chi connectivity index (χ0) is 13.0. The number of esters is 1. The van der Waals surface area contributed by atoms with E-state index in [0.717, 1.165) is 12.1 Å². The van der Waals surface area contributed by atoms with Crippen LogP contribution in [0, 0.1) is 0 Å². The summed E-state index contributed by atoms with van der Waals surface area (Å²) in [4.78, 5) is 11.7. The molecular formula is C14H19NO2S. The molecule has 1 N–H and O–H groups in total. The molecule has 1 aromatic carbocycles. The van der Waals surface area contributed by atoms with Gasteiger partial charge in [0.25, 0.3) is 0 Å². The summed E-state index contributed by atoms with van der Waals surface area (Å²) in [6.07, 6.45) is 2.39. The van der Waals surface area contributed by atoms with Crippen molar-refractivity contribution in [2.24, 2.45) is 0 Å². The second-order valence-electron chi connectivity index (χ2n) is 4.51. The van der Waals surface area contributed by atoms with Gasteiger partial charge in [-0.2, -0.15) is 11.8 Å². The van der Waals surface area contributed by atoms with E-state index >= 15 is 0 Å². The van der Waals surface area contributed by atoms with Crippen molar-refractivity contribution < 1.29 is 9.53 Å². The van der Waals surface area contributed by atoms with Crippen LogP contribution in [0.4, 0.5) is 5.69 Å². The molecule has 2 atom stereocenters. The number of hydrogen-bond acceptors (Lipinski definition) is 4. The SMILES string of the molecule is COC(=O)c1ccccc1NC1CCCSC1C. The fourth-order valence-corrected chi connectivity index (χ4v) is 3.35. The molecule has 98 valence electrons. The number of thioether (sulfide) groups is 1. The fourth-order valence-electron chi connectivity index (χ4n) is 2.21. The van der Waals surface area contributed by atoms with Crippen LogP contribution in [0.3, 0.4) is 0 Å². The first-order chi connectivity index (χ1) is 8.72. The monoisotopic (exact) mass is 265 g/mol. The van der Waals surface area contributed by atoms with Gasteiger partial charge in [-0.05, 0) is 30.7 Å². The molecule has 1 saturated heterocycles. The first kappa shape index (κ1) is 13.3. The van der Waals surface area contributed by atoms with Crippen molar-refractivity contribution in [1.29, 1.82) is 0 Å². The molecule has 0 aromatic heterocycles. The molecule has 4 heteroatoms. The molecule has 1 aliphatic heterocycles. The van der Waals surface area contributed by atoms with Gasteiger partial charge in [0.1, 0.15) is 0 Å². The van der Waals surface area contributed by atoms with Gasteiger partial charge in [0.05, 0.1) is 12.7 Å². The maximum absolute atomic E-state index is 11.7. The summed E-state index contributed by atoms with van der Waals surface area (Å²) in [6.45, 7) is 2.24. The predicted molar refractivity (Wildman–Crippen MR) is 76.3 cm³/mol. The Morgan fingerprint density at radius 1 is 1.44 bits per heavy atom. The third-order valence-corrected chi connectivity index (χ3v) is 4.66. The van der Waals surface area contributed by atoms with Gasteiger partial charge < -0.3 is 10.1 Å². The van der Waals surface area contributed by atoms with Crippen molar-refractivity contribution in [3.63, 3.8) is 0 Å². The Morgan fingerprint density at radius 3 is 2.94 bits per heavy atom. The highest BCUT2D eigenvalue weighted by atomic mass is 32.2. The van der Waals surface area contributed by atoms with E-state index in [1.165, 1.54) is 19.3 Å². The van der Waals surface area contributed by atoms with E-state index in [-0.39, 0.29) is 5.97 Å². The molecule has 1 heterocycles. The largest absolute Gasteiger partial charge is 0.465 e. The maximum atomic E-state index is 11.7. The Hall–Kier alpha value is -1.16. The third kappa shape index (κ3) is 2.99. The van der Waals surface area contributed by atoms with E-state index in [4.69, 9.17) is 4.74 Å². The normalized spacial score (nSPS) is 23.4. The Bertz CT molecular complexity index is 422. The molecule has 2 rings (SSSR count). The van der Waals surface area contributed by atoms with E-state index in [2.05, 4.69) is 12.2 Å². The lowest BCUT2D eigenvalue weighted by molar-refractivity contribution is 0.0602. The number of hydrogen-bond donors (Lipinski definition) is 1. The topological polar surface area (TPSA) is 38.3 Å². The third-order valence-electron chi connectivity index (χ3n) is 3.28. The lowest BCUT2D eigenvalue weighted by atomic mass is 10.1. The van der Waals surface area contributed by atoms with E-state index in [1.807, 2.05) is 30.0 Å². The summed E-state index contributed by atoms with van der Waals surface area (Å²) in [5.74, 6) is 0.951. The van der Waals surface area contributed by atoms with Crippen molar-refractivity contribution in [3.05, 3.63) is 29.8 Å². The highest BCUT2D eigenvalue weighted by Gasteiger charge is 2.23. The molecule has 3 nitrogen and oxygen atoms in total. The first-order valence-corrected chi connectivity index (χ1v) is 7.32. The van der Waals surface area contributed by atoms with Gasteiger partial charge in [0.15, 0.2) is 0 Å². The second kappa shape index (κ2) is 6.14. The molecule has 1 aromatic rings. The summed E-state index contributed by atoms with van der Waals surface area (Å²) in [5.41, 5.74) is 1.49. The van der Waals surface area contributed by atoms with Crippen LogP contribution in [0.2, 0.25) is 0 Å². The van der Waals surface area contributed by atoms with E-state index < -0.39 is 0 Å². The number of carbonyl (C=O) groups excluding carboxylic acids is 1. The molecule has 18 heavy (non-hydrogen) atoms. The molecule has 1 fully saturated rings. The smallest absolute Gasteiger partial charge is 0.339 e. The fraction of sp³-hybridized carbons (Fsp3) is 0.500. The summed E-state index contributed by atoms with van der Waals surface area (Å²) >= 11 is 1.99. The van der Waals surface area contributed by atoms with Crippen molar-refractivity contribution in [3.8, 4) is 0 Å². The molecule has 0 amide bonds. The van der Waals surface area contributed by atoms with Gasteiger partial charge in [0.2, 0.25) is 0 Å². The first-order valence-electron chi connectivity index (χ1n) is 6.28. The number of nitrogens with one attached hydrogen (secondary N) is 1. The zero-order valence-electron chi connectivity index (χ0n) is 10.8. The standard InChI is InChI=1S/C14H19NO2S/c1-10-12(8-5-9-18-10)15-13-7-4-3-6-11(13)14(16)17-2/h3-4,6-7,10,12,15H,5,8-9H2,1-2H3. The van der Waals surface area contributed by atoms with Crippen LogP contribution in [0.1, 0.15) is 30.1 Å². The molecular weight excluding hydrogens is 246 g/mol. The minimum absolute atomic E-state index is 0.283. The summed E-state index contributed by atoms with van der Waals surface area (Å²) < 4.78 is 4.81. The average molecular weight is 265 g/mol. The van der Waals surface area contributed by atoms with E-state index in [0.29, 0.717) is 16.9 Å². The van der Waals surface area contributed by atoms with Gasteiger partial charge >= 0.3 is 5.97 Å². The summed E-state index contributed by atoms with van der Waals surface area (Å²) in [5, 5.41) is 4.07. The van der Waals surface area contributed by atoms with Gasteiger partial charge in [0, 0.05) is 17.0 Å². The second-order valence-corrected chi connectivity index (χ2v) is 5.99. The number of carbonyl (C=O) groups is 1. The molecule has 0 bridgehead atoms. The van der Waals surface area contributed by atoms with Crippen LogP contribution in [-0.4, -0.2) is 30.1 Å². The molecule has 2 unspecified atom stereocenters. The zero-order valence-corrected chi connectivity index (χ0v) is 11.6. The highest BCUT2D eigenvalue weighted by Crippen LogP contribution is 2.28. The van der Waals surface area contributed by atoms with Crippen molar-refractivity contribution in [2.75, 3.05) is 18.2 Å². The lowest BCUT2D eigenvalue weighted by Gasteiger charge is -2.30. The quantitative estimate of drug-likeness (QED) is 0.852. The maximum Gasteiger partial charge on any atom is 0.339 e. The van der Waals surface area contributed by atoms with Crippen LogP contribution >= 0.6 is 11.8 Å². The summed E-state index contributed by atoms with van der Waals surface area (Å²) in [6, 6.07) is 7.97. The molecule has 0 spiro atoms. The van der Waals surface area contributed by atoms with Crippen LogP contribution in [0.15, 0.2) is 24.3 Å². The molecule has 0 radical (unpaired) electrons. The average Bonchev–Trinajstić information content (AvgIpc) is 2.41. The number of para-hydroxylation sites is 1. The van der Waals surface area contributed by atoms with E-state index in [1.54, 1.807) is 6.07 Å². The molecule has 1 aliphatic rings. The lowest BCUT2D eigenvalue weighted by Crippen LogP contribution is -2.33. The molecule has 0 saturated carbocycles. The minimum atomic E-state index is -0.283. The van der Waals surface area contributed by atoms with Gasteiger partial charge in [-0.15, -0.1) is 0 Å². The Morgan fingerprint density at radius 2 is 2.22 bits per heavy atom. The number of benzene rings is 1. The van der Waals surface area contributed by atoms with Crippen LogP contribution in [-0.2, 0) is 4.74 Å². The van der Waals surface area contributed by atoms with Crippen molar-refractivity contribution >= 4 is 23.4 Å². The van der Waals surface area contributed by atoms with Gasteiger partial charge in [-0.25, -0.2) is 4.79 Å².